The lowest BCUT2D eigenvalue weighted by Gasteiger charge is -2.20. The molecule has 116 valence electrons. The second-order valence-electron chi connectivity index (χ2n) is 6.09. The van der Waals surface area contributed by atoms with Crippen LogP contribution in [0.1, 0.15) is 65.7 Å². The van der Waals surface area contributed by atoms with Gasteiger partial charge in [0.15, 0.2) is 11.8 Å². The van der Waals surface area contributed by atoms with E-state index in [9.17, 15) is 10.0 Å². The Labute approximate surface area is 122 Å². The molecule has 0 aromatic rings. The topological polar surface area (TPSA) is 52.4 Å². The fourth-order valence-electron chi connectivity index (χ4n) is 3.16. The van der Waals surface area contributed by atoms with Gasteiger partial charge in [-0.15, -0.1) is 0 Å². The molecule has 0 N–H and O–H groups in total. The van der Waals surface area contributed by atoms with Crippen LogP contribution in [0.4, 0.5) is 0 Å². The summed E-state index contributed by atoms with van der Waals surface area (Å²) in [6, 6.07) is -0.0180. The van der Waals surface area contributed by atoms with Crippen LogP contribution in [0, 0.1) is 17.0 Å². The molecule has 1 saturated carbocycles. The highest BCUT2D eigenvalue weighted by Gasteiger charge is 2.38. The maximum Gasteiger partial charge on any atom is 0.305 e. The monoisotopic (exact) mass is 283 g/mol. The summed E-state index contributed by atoms with van der Waals surface area (Å²) in [4.78, 5) is 11.5. The second kappa shape index (κ2) is 8.28. The fraction of sp³-hybridized carbons (Fsp3) is 0.875. The second-order valence-corrected chi connectivity index (χ2v) is 6.09. The molecule has 0 aliphatic heterocycles. The summed E-state index contributed by atoms with van der Waals surface area (Å²) in [5.74, 6) is 0.392. The first-order chi connectivity index (χ1) is 9.51. The Bertz CT molecular complexity index is 350. The van der Waals surface area contributed by atoms with Crippen molar-refractivity contribution in [3.63, 3.8) is 0 Å². The van der Waals surface area contributed by atoms with E-state index in [0.29, 0.717) is 6.42 Å². The average molecular weight is 283 g/mol. The highest BCUT2D eigenvalue weighted by atomic mass is 16.5. The summed E-state index contributed by atoms with van der Waals surface area (Å²) in [6.07, 6.45) is 6.74. The lowest BCUT2D eigenvalue weighted by atomic mass is 9.87. The van der Waals surface area contributed by atoms with Crippen molar-refractivity contribution in [3.05, 3.63) is 5.21 Å². The number of nitrogens with zero attached hydrogens (tertiary/aromatic N) is 1. The normalized spacial score (nSPS) is 25.1. The Morgan fingerprint density at radius 1 is 1.45 bits per heavy atom. The lowest BCUT2D eigenvalue weighted by molar-refractivity contribution is -0.495. The molecule has 1 fully saturated rings. The van der Waals surface area contributed by atoms with Gasteiger partial charge in [-0.25, -0.2) is 4.74 Å². The Morgan fingerprint density at radius 2 is 2.15 bits per heavy atom. The maximum atomic E-state index is 12.3. The van der Waals surface area contributed by atoms with Crippen molar-refractivity contribution in [2.75, 3.05) is 7.11 Å². The molecule has 0 amide bonds. The number of esters is 1. The first kappa shape index (κ1) is 17.0. The van der Waals surface area contributed by atoms with Gasteiger partial charge in [0.2, 0.25) is 0 Å². The Kier molecular flexibility index (Phi) is 7.03. The summed E-state index contributed by atoms with van der Waals surface area (Å²) in [7, 11) is 1.43. The molecule has 2 atom stereocenters. The van der Waals surface area contributed by atoms with Gasteiger partial charge >= 0.3 is 5.97 Å². The summed E-state index contributed by atoms with van der Waals surface area (Å²) in [5.41, 5.74) is 1.00. The van der Waals surface area contributed by atoms with Crippen LogP contribution >= 0.6 is 0 Å². The molecule has 1 rings (SSSR count). The van der Waals surface area contributed by atoms with Crippen LogP contribution < -0.4 is 0 Å². The predicted octanol–water partition coefficient (Wildman–Crippen LogP) is 3.52. The molecule has 0 aromatic carbocycles. The van der Waals surface area contributed by atoms with Gasteiger partial charge in [0.25, 0.3) is 0 Å². The Balaban J connectivity index is 2.80. The molecule has 4 heteroatoms. The maximum absolute atomic E-state index is 12.3. The number of ether oxygens (including phenoxy) is 1. The molecule has 1 aliphatic carbocycles. The SMILES string of the molecule is CCCCCC1/C(=[N+](/[O-])C(C)C)CCC1CC(=O)OC. The predicted molar refractivity (Wildman–Crippen MR) is 80.8 cm³/mol. The smallest absolute Gasteiger partial charge is 0.305 e. The van der Waals surface area contributed by atoms with E-state index in [1.807, 2.05) is 13.8 Å². The van der Waals surface area contributed by atoms with Crippen molar-refractivity contribution in [1.29, 1.82) is 0 Å². The minimum absolute atomic E-state index is 0.0180. The minimum Gasteiger partial charge on any atom is -0.624 e. The molecule has 0 bridgehead atoms. The number of hydrogen-bond acceptors (Lipinski definition) is 3. The van der Waals surface area contributed by atoms with Crippen LogP contribution in [0.15, 0.2) is 0 Å². The molecule has 2 unspecified atom stereocenters. The number of rotatable bonds is 7. The summed E-state index contributed by atoms with van der Waals surface area (Å²) < 4.78 is 5.96. The third kappa shape index (κ3) is 4.50. The van der Waals surface area contributed by atoms with Gasteiger partial charge in [0, 0.05) is 18.8 Å². The van der Waals surface area contributed by atoms with Gasteiger partial charge < -0.3 is 9.94 Å². The summed E-state index contributed by atoms with van der Waals surface area (Å²) in [5, 5.41) is 12.3. The van der Waals surface area contributed by atoms with E-state index in [0.717, 1.165) is 31.4 Å². The highest BCUT2D eigenvalue weighted by Crippen LogP contribution is 2.36. The van der Waals surface area contributed by atoms with Gasteiger partial charge in [-0.3, -0.25) is 4.79 Å². The molecule has 0 radical (unpaired) electrons. The third-order valence-electron chi connectivity index (χ3n) is 4.30. The fourth-order valence-corrected chi connectivity index (χ4v) is 3.16. The number of unbranched alkanes of at least 4 members (excludes halogenated alkanes) is 2. The van der Waals surface area contributed by atoms with E-state index in [1.165, 1.54) is 24.7 Å². The first-order valence-corrected chi connectivity index (χ1v) is 7.90. The lowest BCUT2D eigenvalue weighted by Crippen LogP contribution is -2.28. The number of carbonyl (C=O) groups is 1. The van der Waals surface area contributed by atoms with Crippen molar-refractivity contribution < 1.29 is 14.3 Å². The van der Waals surface area contributed by atoms with Crippen molar-refractivity contribution in [1.82, 2.24) is 0 Å². The van der Waals surface area contributed by atoms with E-state index < -0.39 is 0 Å². The van der Waals surface area contributed by atoms with Gasteiger partial charge in [0.1, 0.15) is 0 Å². The van der Waals surface area contributed by atoms with Crippen molar-refractivity contribution >= 4 is 11.7 Å². The zero-order valence-corrected chi connectivity index (χ0v) is 13.4. The molecular weight excluding hydrogens is 254 g/mol. The molecule has 0 aromatic heterocycles. The third-order valence-corrected chi connectivity index (χ3v) is 4.30. The Morgan fingerprint density at radius 3 is 2.70 bits per heavy atom. The van der Waals surface area contributed by atoms with Gasteiger partial charge in [-0.1, -0.05) is 26.2 Å². The van der Waals surface area contributed by atoms with E-state index in [4.69, 9.17) is 4.74 Å². The van der Waals surface area contributed by atoms with E-state index in [2.05, 4.69) is 6.92 Å². The van der Waals surface area contributed by atoms with Crippen LogP contribution in [0.5, 0.6) is 0 Å². The molecule has 0 saturated heterocycles. The molecule has 0 heterocycles. The Hall–Kier alpha value is -1.06. The summed E-state index contributed by atoms with van der Waals surface area (Å²) in [6.45, 7) is 6.03. The highest BCUT2D eigenvalue weighted by molar-refractivity contribution is 5.85. The van der Waals surface area contributed by atoms with Crippen molar-refractivity contribution in [3.8, 4) is 0 Å². The largest absolute Gasteiger partial charge is 0.624 e. The quantitative estimate of drug-likeness (QED) is 0.236. The van der Waals surface area contributed by atoms with Gasteiger partial charge in [0.05, 0.1) is 7.11 Å². The zero-order chi connectivity index (χ0) is 15.1. The number of methoxy groups -OCH3 is 1. The van der Waals surface area contributed by atoms with Crippen LogP contribution in [0.2, 0.25) is 0 Å². The van der Waals surface area contributed by atoms with Gasteiger partial charge in [-0.05, 0) is 32.6 Å². The first-order valence-electron chi connectivity index (χ1n) is 7.90. The molecule has 0 spiro atoms. The van der Waals surface area contributed by atoms with Crippen LogP contribution in [0.3, 0.4) is 0 Å². The average Bonchev–Trinajstić information content (AvgIpc) is 2.81. The van der Waals surface area contributed by atoms with Crippen LogP contribution in [-0.4, -0.2) is 29.6 Å². The minimum atomic E-state index is -0.154. The zero-order valence-electron chi connectivity index (χ0n) is 13.4. The van der Waals surface area contributed by atoms with E-state index in [-0.39, 0.29) is 23.8 Å². The van der Waals surface area contributed by atoms with Gasteiger partial charge in [-0.2, -0.15) is 0 Å². The number of carbonyl (C=O) groups excluding carboxylic acids is 1. The number of hydroxylamine groups is 1. The van der Waals surface area contributed by atoms with Crippen LogP contribution in [0.25, 0.3) is 0 Å². The van der Waals surface area contributed by atoms with Crippen molar-refractivity contribution in [2.45, 2.75) is 71.8 Å². The molecule has 1 aliphatic rings. The summed E-state index contributed by atoms with van der Waals surface area (Å²) >= 11 is 0. The van der Waals surface area contributed by atoms with Crippen molar-refractivity contribution in [2.24, 2.45) is 11.8 Å². The standard InChI is InChI=1S/C16H29NO3/c1-5-6-7-8-14-13(11-16(18)20-4)9-10-15(14)17(19)12(2)3/h12-14H,5-11H2,1-4H3/b17-15+. The van der Waals surface area contributed by atoms with E-state index >= 15 is 0 Å². The molecular formula is C16H29NO3. The van der Waals surface area contributed by atoms with Crippen LogP contribution in [-0.2, 0) is 9.53 Å². The number of hydrogen-bond donors (Lipinski definition) is 0. The van der Waals surface area contributed by atoms with E-state index in [1.54, 1.807) is 0 Å². The molecule has 4 nitrogen and oxygen atoms in total. The molecule has 20 heavy (non-hydrogen) atoms.